The van der Waals surface area contributed by atoms with E-state index in [0.717, 1.165) is 10.2 Å². The van der Waals surface area contributed by atoms with Crippen molar-refractivity contribution in [3.63, 3.8) is 0 Å². The van der Waals surface area contributed by atoms with Crippen LogP contribution in [-0.2, 0) is 14.8 Å². The van der Waals surface area contributed by atoms with Gasteiger partial charge in [0.1, 0.15) is 0 Å². The van der Waals surface area contributed by atoms with Gasteiger partial charge in [0.2, 0.25) is 10.0 Å². The number of aryl methyl sites for hydroxylation is 1. The molecule has 2 heterocycles. The first-order chi connectivity index (χ1) is 14.9. The van der Waals surface area contributed by atoms with Crippen LogP contribution < -0.4 is 0 Å². The highest BCUT2D eigenvalue weighted by atomic mass is 32.2. The van der Waals surface area contributed by atoms with Crippen LogP contribution in [0, 0.1) is 6.92 Å². The maximum Gasteiger partial charge on any atom is 0.278 e. The number of ketones is 1. The van der Waals surface area contributed by atoms with E-state index in [1.54, 1.807) is 12.1 Å². The van der Waals surface area contributed by atoms with Gasteiger partial charge in [0.25, 0.3) is 5.91 Å². The highest BCUT2D eigenvalue weighted by Gasteiger charge is 2.27. The monoisotopic (exact) mass is 439 g/mol. The van der Waals surface area contributed by atoms with Gasteiger partial charge in [-0.15, -0.1) is 0 Å². The Balaban J connectivity index is 1.59. The predicted molar refractivity (Wildman–Crippen MR) is 113 cm³/mol. The van der Waals surface area contributed by atoms with E-state index in [1.807, 2.05) is 19.1 Å². The van der Waals surface area contributed by atoms with Crippen LogP contribution in [-0.4, -0.2) is 60.5 Å². The van der Waals surface area contributed by atoms with Crippen LogP contribution in [0.1, 0.15) is 31.8 Å². The second-order valence-electron chi connectivity index (χ2n) is 7.17. The van der Waals surface area contributed by atoms with E-state index in [1.165, 1.54) is 41.0 Å². The molecule has 0 amide bonds. The molecule has 0 aliphatic carbocycles. The lowest BCUT2D eigenvalue weighted by molar-refractivity contribution is 0.0730. The summed E-state index contributed by atoms with van der Waals surface area (Å²) in [6, 6.07) is 13.0. The van der Waals surface area contributed by atoms with Crippen molar-refractivity contribution in [2.24, 2.45) is 0 Å². The molecule has 0 N–H and O–H groups in total. The first kappa shape index (κ1) is 21.1. The van der Waals surface area contributed by atoms with Gasteiger partial charge in [0.15, 0.2) is 5.78 Å². The Labute approximate surface area is 180 Å². The van der Waals surface area contributed by atoms with Gasteiger partial charge < -0.3 is 4.74 Å². The van der Waals surface area contributed by atoms with E-state index in [4.69, 9.17) is 4.74 Å². The van der Waals surface area contributed by atoms with E-state index in [2.05, 4.69) is 5.10 Å². The van der Waals surface area contributed by atoms with Gasteiger partial charge in [-0.2, -0.15) is 9.40 Å². The minimum absolute atomic E-state index is 0.0311. The normalized spacial score (nSPS) is 15.0. The highest BCUT2D eigenvalue weighted by molar-refractivity contribution is 7.89. The molecule has 0 atom stereocenters. The van der Waals surface area contributed by atoms with E-state index in [-0.39, 0.29) is 34.9 Å². The summed E-state index contributed by atoms with van der Waals surface area (Å²) < 4.78 is 33.3. The number of sulfonamides is 1. The lowest BCUT2D eigenvalue weighted by Gasteiger charge is -2.26. The van der Waals surface area contributed by atoms with Gasteiger partial charge in [-0.25, -0.2) is 13.1 Å². The van der Waals surface area contributed by atoms with E-state index in [0.29, 0.717) is 18.8 Å². The third-order valence-corrected chi connectivity index (χ3v) is 7.03. The van der Waals surface area contributed by atoms with Crippen LogP contribution in [0.2, 0.25) is 0 Å². The molecule has 1 fully saturated rings. The molecule has 0 unspecified atom stereocenters. The summed E-state index contributed by atoms with van der Waals surface area (Å²) in [6.45, 7) is 3.04. The zero-order valence-electron chi connectivity index (χ0n) is 16.9. The first-order valence-corrected chi connectivity index (χ1v) is 11.2. The van der Waals surface area contributed by atoms with Crippen LogP contribution >= 0.6 is 0 Å². The Bertz CT molecular complexity index is 1240. The number of benzene rings is 2. The Morgan fingerprint density at radius 2 is 1.74 bits per heavy atom. The molecule has 1 aliphatic heterocycles. The zero-order chi connectivity index (χ0) is 22.0. The molecule has 9 heteroatoms. The standard InChI is InChI=1S/C22H21N3O5S/c1-16-5-2-3-8-20(16)21(26)18-14-23-25(15-18)22(27)17-6-4-7-19(13-17)31(28,29)24-9-11-30-12-10-24/h2-8,13-15H,9-12H2,1H3. The minimum atomic E-state index is -3.73. The number of ether oxygens (including phenoxy) is 1. The second-order valence-corrected chi connectivity index (χ2v) is 9.11. The molecule has 2 aromatic carbocycles. The number of hydrogen-bond donors (Lipinski definition) is 0. The van der Waals surface area contributed by atoms with Crippen molar-refractivity contribution in [2.45, 2.75) is 11.8 Å². The van der Waals surface area contributed by atoms with Crippen molar-refractivity contribution in [3.05, 3.63) is 83.2 Å². The fraction of sp³-hybridized carbons (Fsp3) is 0.227. The number of nitrogens with zero attached hydrogens (tertiary/aromatic N) is 3. The fourth-order valence-electron chi connectivity index (χ4n) is 3.39. The number of aromatic nitrogens is 2. The van der Waals surface area contributed by atoms with Crippen molar-refractivity contribution < 1.29 is 22.7 Å². The third kappa shape index (κ3) is 4.20. The molecule has 4 rings (SSSR count). The maximum atomic E-state index is 12.9. The van der Waals surface area contributed by atoms with Crippen molar-refractivity contribution in [2.75, 3.05) is 26.3 Å². The Kier molecular flexibility index (Phi) is 5.81. The highest BCUT2D eigenvalue weighted by Crippen LogP contribution is 2.19. The van der Waals surface area contributed by atoms with Crippen molar-refractivity contribution in [3.8, 4) is 0 Å². The van der Waals surface area contributed by atoms with Crippen LogP contribution in [0.5, 0.6) is 0 Å². The summed E-state index contributed by atoms with van der Waals surface area (Å²) >= 11 is 0. The SMILES string of the molecule is Cc1ccccc1C(=O)c1cnn(C(=O)c2cccc(S(=O)(=O)N3CCOCC3)c2)c1. The van der Waals surface area contributed by atoms with Crippen molar-refractivity contribution in [1.82, 2.24) is 14.1 Å². The summed E-state index contributed by atoms with van der Waals surface area (Å²) in [7, 11) is -3.73. The summed E-state index contributed by atoms with van der Waals surface area (Å²) in [6.07, 6.45) is 2.70. The lowest BCUT2D eigenvalue weighted by atomic mass is 10.0. The summed E-state index contributed by atoms with van der Waals surface area (Å²) in [5.41, 5.74) is 1.80. The number of carbonyl (C=O) groups excluding carboxylic acids is 2. The van der Waals surface area contributed by atoms with Crippen LogP contribution in [0.4, 0.5) is 0 Å². The molecule has 1 saturated heterocycles. The molecule has 31 heavy (non-hydrogen) atoms. The topological polar surface area (TPSA) is 98.6 Å². The van der Waals surface area contributed by atoms with Gasteiger partial charge in [0, 0.05) is 30.4 Å². The largest absolute Gasteiger partial charge is 0.379 e. The Hall–Kier alpha value is -3.14. The molecule has 1 aromatic heterocycles. The molecule has 0 spiro atoms. The average Bonchev–Trinajstić information content (AvgIpc) is 3.29. The van der Waals surface area contributed by atoms with E-state index >= 15 is 0 Å². The van der Waals surface area contributed by atoms with Crippen molar-refractivity contribution >= 4 is 21.7 Å². The summed E-state index contributed by atoms with van der Waals surface area (Å²) in [5, 5.41) is 4.02. The van der Waals surface area contributed by atoms with Gasteiger partial charge in [-0.1, -0.05) is 30.3 Å². The quantitative estimate of drug-likeness (QED) is 0.565. The number of carbonyl (C=O) groups is 2. The zero-order valence-corrected chi connectivity index (χ0v) is 17.7. The van der Waals surface area contributed by atoms with Gasteiger partial charge in [0.05, 0.1) is 29.9 Å². The number of hydrogen-bond acceptors (Lipinski definition) is 6. The van der Waals surface area contributed by atoms with Crippen LogP contribution in [0.25, 0.3) is 0 Å². The third-order valence-electron chi connectivity index (χ3n) is 5.13. The fourth-order valence-corrected chi connectivity index (χ4v) is 4.85. The van der Waals surface area contributed by atoms with Gasteiger partial charge >= 0.3 is 0 Å². The van der Waals surface area contributed by atoms with Crippen LogP contribution in [0.15, 0.2) is 65.8 Å². The molecule has 160 valence electrons. The molecule has 0 bridgehead atoms. The molecule has 1 aliphatic rings. The minimum Gasteiger partial charge on any atom is -0.379 e. The molecule has 8 nitrogen and oxygen atoms in total. The summed E-state index contributed by atoms with van der Waals surface area (Å²) in [4.78, 5) is 25.7. The molecular formula is C22H21N3O5S. The van der Waals surface area contributed by atoms with Crippen LogP contribution in [0.3, 0.4) is 0 Å². The van der Waals surface area contributed by atoms with E-state index < -0.39 is 15.9 Å². The predicted octanol–water partition coefficient (Wildman–Crippen LogP) is 2.13. The lowest BCUT2D eigenvalue weighted by Crippen LogP contribution is -2.40. The second kappa shape index (κ2) is 8.54. The van der Waals surface area contributed by atoms with Gasteiger partial charge in [-0.3, -0.25) is 9.59 Å². The molecule has 3 aromatic rings. The average molecular weight is 439 g/mol. The molecule has 0 radical (unpaired) electrons. The number of morpholine rings is 1. The van der Waals surface area contributed by atoms with E-state index in [9.17, 15) is 18.0 Å². The molecule has 0 saturated carbocycles. The first-order valence-electron chi connectivity index (χ1n) is 9.75. The Morgan fingerprint density at radius 1 is 1.00 bits per heavy atom. The van der Waals surface area contributed by atoms with Crippen molar-refractivity contribution in [1.29, 1.82) is 0 Å². The Morgan fingerprint density at radius 3 is 2.48 bits per heavy atom. The maximum absolute atomic E-state index is 12.9. The molecular weight excluding hydrogens is 418 g/mol. The summed E-state index contributed by atoms with van der Waals surface area (Å²) in [5.74, 6) is -0.761. The number of rotatable bonds is 5. The smallest absolute Gasteiger partial charge is 0.278 e. The van der Waals surface area contributed by atoms with Gasteiger partial charge in [-0.05, 0) is 30.7 Å².